The van der Waals surface area contributed by atoms with Crippen molar-refractivity contribution in [1.29, 1.82) is 0 Å². The zero-order chi connectivity index (χ0) is 16.3. The van der Waals surface area contributed by atoms with Crippen LogP contribution < -0.4 is 4.74 Å². The van der Waals surface area contributed by atoms with E-state index in [4.69, 9.17) is 27.9 Å². The molecule has 0 aliphatic carbocycles. The van der Waals surface area contributed by atoms with Gasteiger partial charge in [0.1, 0.15) is 5.75 Å². The lowest BCUT2D eigenvalue weighted by atomic mass is 10.2. The summed E-state index contributed by atoms with van der Waals surface area (Å²) in [4.78, 5) is 23.0. The summed E-state index contributed by atoms with van der Waals surface area (Å²) in [5.41, 5.74) is -0.0633. The van der Waals surface area contributed by atoms with Gasteiger partial charge in [-0.05, 0) is 30.5 Å². The number of nitro groups is 1. The Kier molecular flexibility index (Phi) is 5.28. The van der Waals surface area contributed by atoms with Crippen molar-refractivity contribution in [2.45, 2.75) is 4.90 Å². The molecule has 0 saturated carbocycles. The third-order valence-electron chi connectivity index (χ3n) is 2.71. The van der Waals surface area contributed by atoms with E-state index >= 15 is 0 Å². The molecule has 0 aliphatic rings. The van der Waals surface area contributed by atoms with Crippen molar-refractivity contribution < 1.29 is 14.5 Å². The number of benzene rings is 2. The van der Waals surface area contributed by atoms with Crippen molar-refractivity contribution >= 4 is 46.6 Å². The van der Waals surface area contributed by atoms with E-state index in [2.05, 4.69) is 0 Å². The fourth-order valence-corrected chi connectivity index (χ4v) is 2.50. The van der Waals surface area contributed by atoms with Gasteiger partial charge in [0.2, 0.25) is 0 Å². The zero-order valence-corrected chi connectivity index (χ0v) is 13.5. The third kappa shape index (κ3) is 3.71. The second-order valence-electron chi connectivity index (χ2n) is 4.11. The van der Waals surface area contributed by atoms with E-state index in [1.807, 2.05) is 0 Å². The van der Waals surface area contributed by atoms with Crippen LogP contribution in [0.4, 0.5) is 5.69 Å². The van der Waals surface area contributed by atoms with Crippen LogP contribution in [-0.4, -0.2) is 17.1 Å². The molecule has 114 valence electrons. The number of halogens is 2. The lowest BCUT2D eigenvalue weighted by Gasteiger charge is -2.06. The molecule has 0 unspecified atom stereocenters. The summed E-state index contributed by atoms with van der Waals surface area (Å²) >= 11 is 12.8. The number of nitro benzene ring substituents is 1. The van der Waals surface area contributed by atoms with Crippen molar-refractivity contribution in [1.82, 2.24) is 0 Å². The molecule has 0 spiro atoms. The van der Waals surface area contributed by atoms with Gasteiger partial charge < -0.3 is 4.74 Å². The first-order valence-corrected chi connectivity index (χ1v) is 7.90. The topological polar surface area (TPSA) is 69.4 Å². The van der Waals surface area contributed by atoms with E-state index in [-0.39, 0.29) is 22.0 Å². The van der Waals surface area contributed by atoms with Crippen LogP contribution in [0, 0.1) is 10.1 Å². The van der Waals surface area contributed by atoms with Crippen LogP contribution in [0.15, 0.2) is 41.3 Å². The maximum atomic E-state index is 12.1. The van der Waals surface area contributed by atoms with Crippen molar-refractivity contribution in [3.63, 3.8) is 0 Å². The second-order valence-corrected chi connectivity index (χ2v) is 5.77. The van der Waals surface area contributed by atoms with E-state index in [1.54, 1.807) is 6.26 Å². The maximum Gasteiger partial charge on any atom is 0.343 e. The smallest absolute Gasteiger partial charge is 0.343 e. The van der Waals surface area contributed by atoms with Gasteiger partial charge in [-0.15, -0.1) is 11.8 Å². The summed E-state index contributed by atoms with van der Waals surface area (Å²) in [7, 11) is 0. The first kappa shape index (κ1) is 16.6. The molecule has 2 aromatic carbocycles. The van der Waals surface area contributed by atoms with Gasteiger partial charge in [0.25, 0.3) is 5.69 Å². The van der Waals surface area contributed by atoms with Gasteiger partial charge in [-0.2, -0.15) is 0 Å². The Morgan fingerprint density at radius 2 is 1.91 bits per heavy atom. The van der Waals surface area contributed by atoms with Crippen LogP contribution in [0.2, 0.25) is 10.0 Å². The van der Waals surface area contributed by atoms with Crippen LogP contribution >= 0.6 is 35.0 Å². The molecular weight excluding hydrogens is 349 g/mol. The van der Waals surface area contributed by atoms with Crippen LogP contribution in [0.25, 0.3) is 0 Å². The highest BCUT2D eigenvalue weighted by Crippen LogP contribution is 2.30. The number of carbonyl (C=O) groups is 1. The largest absolute Gasteiger partial charge is 0.423 e. The predicted octanol–water partition coefficient (Wildman–Crippen LogP) is 4.84. The summed E-state index contributed by atoms with van der Waals surface area (Å²) in [6.45, 7) is 0. The van der Waals surface area contributed by atoms with Crippen LogP contribution in [-0.2, 0) is 0 Å². The molecule has 8 heteroatoms. The standard InChI is InChI=1S/C14H9Cl2NO4S/c1-22-13-5-2-8(6-12(13)17(19)20)14(18)21-9-3-4-10(15)11(16)7-9/h2-7H,1H3. The minimum absolute atomic E-state index is 0.0792. The van der Waals surface area contributed by atoms with Crippen LogP contribution in [0.1, 0.15) is 10.4 Å². The van der Waals surface area contributed by atoms with Crippen molar-refractivity contribution in [3.05, 3.63) is 62.1 Å². The summed E-state index contributed by atoms with van der Waals surface area (Å²) in [6.07, 6.45) is 1.72. The Labute approximate surface area is 140 Å². The van der Waals surface area contributed by atoms with E-state index in [9.17, 15) is 14.9 Å². The normalized spacial score (nSPS) is 10.3. The number of nitrogens with zero attached hydrogens (tertiary/aromatic N) is 1. The summed E-state index contributed by atoms with van der Waals surface area (Å²) in [5.74, 6) is -0.509. The second kappa shape index (κ2) is 7.00. The average Bonchev–Trinajstić information content (AvgIpc) is 2.50. The minimum Gasteiger partial charge on any atom is -0.423 e. The number of esters is 1. The van der Waals surface area contributed by atoms with E-state index in [0.717, 1.165) is 0 Å². The molecule has 0 amide bonds. The van der Waals surface area contributed by atoms with E-state index in [0.29, 0.717) is 9.92 Å². The Morgan fingerprint density at radius 1 is 1.18 bits per heavy atom. The molecule has 0 atom stereocenters. The lowest BCUT2D eigenvalue weighted by Crippen LogP contribution is -2.09. The van der Waals surface area contributed by atoms with Gasteiger partial charge in [0.15, 0.2) is 0 Å². The molecule has 0 aromatic heterocycles. The molecule has 2 rings (SSSR count). The van der Waals surface area contributed by atoms with Crippen molar-refractivity contribution in [2.24, 2.45) is 0 Å². The molecule has 0 bridgehead atoms. The summed E-state index contributed by atoms with van der Waals surface area (Å²) in [5, 5.41) is 11.6. The molecule has 22 heavy (non-hydrogen) atoms. The summed E-state index contributed by atoms with van der Waals surface area (Å²) in [6, 6.07) is 8.54. The Bertz CT molecular complexity index is 752. The number of rotatable bonds is 4. The zero-order valence-electron chi connectivity index (χ0n) is 11.2. The van der Waals surface area contributed by atoms with Gasteiger partial charge in [-0.3, -0.25) is 10.1 Å². The first-order valence-electron chi connectivity index (χ1n) is 5.92. The Hall–Kier alpha value is -1.76. The molecule has 0 N–H and O–H groups in total. The third-order valence-corrected chi connectivity index (χ3v) is 4.24. The molecular formula is C14H9Cl2NO4S. The molecule has 0 heterocycles. The quantitative estimate of drug-likeness (QED) is 0.257. The van der Waals surface area contributed by atoms with Crippen LogP contribution in [0.3, 0.4) is 0 Å². The van der Waals surface area contributed by atoms with Gasteiger partial charge in [0, 0.05) is 12.1 Å². The molecule has 5 nitrogen and oxygen atoms in total. The SMILES string of the molecule is CSc1ccc(C(=O)Oc2ccc(Cl)c(Cl)c2)cc1[N+](=O)[O-]. The number of thioether (sulfide) groups is 1. The number of hydrogen-bond acceptors (Lipinski definition) is 5. The highest BCUT2D eigenvalue weighted by Gasteiger charge is 2.18. The van der Waals surface area contributed by atoms with Gasteiger partial charge in [-0.1, -0.05) is 23.2 Å². The van der Waals surface area contributed by atoms with E-state index in [1.165, 1.54) is 48.2 Å². The number of ether oxygens (including phenoxy) is 1. The number of carbonyl (C=O) groups excluding carboxylic acids is 1. The highest BCUT2D eigenvalue weighted by molar-refractivity contribution is 7.98. The van der Waals surface area contributed by atoms with E-state index < -0.39 is 10.9 Å². The van der Waals surface area contributed by atoms with Crippen molar-refractivity contribution in [2.75, 3.05) is 6.26 Å². The monoisotopic (exact) mass is 357 g/mol. The molecule has 0 aliphatic heterocycles. The van der Waals surface area contributed by atoms with Crippen molar-refractivity contribution in [3.8, 4) is 5.75 Å². The number of hydrogen-bond donors (Lipinski definition) is 0. The van der Waals surface area contributed by atoms with Gasteiger partial charge in [0.05, 0.1) is 25.4 Å². The summed E-state index contributed by atoms with van der Waals surface area (Å²) < 4.78 is 5.13. The highest BCUT2D eigenvalue weighted by atomic mass is 35.5. The average molecular weight is 358 g/mol. The minimum atomic E-state index is -0.714. The van der Waals surface area contributed by atoms with Crippen LogP contribution in [0.5, 0.6) is 5.75 Å². The van der Waals surface area contributed by atoms with Gasteiger partial charge >= 0.3 is 5.97 Å². The maximum absolute atomic E-state index is 12.1. The molecule has 0 saturated heterocycles. The lowest BCUT2D eigenvalue weighted by molar-refractivity contribution is -0.387. The fourth-order valence-electron chi connectivity index (χ4n) is 1.67. The van der Waals surface area contributed by atoms with Gasteiger partial charge in [-0.25, -0.2) is 4.79 Å². The molecule has 0 fully saturated rings. The molecule has 0 radical (unpaired) electrons. The first-order chi connectivity index (χ1) is 10.4. The molecule has 2 aromatic rings. The Balaban J connectivity index is 2.27. The fraction of sp³-hybridized carbons (Fsp3) is 0.0714. The predicted molar refractivity (Wildman–Crippen MR) is 86.3 cm³/mol. The Morgan fingerprint density at radius 3 is 2.50 bits per heavy atom.